The highest BCUT2D eigenvalue weighted by Gasteiger charge is 2.26. The fourth-order valence-electron chi connectivity index (χ4n) is 4.29. The Bertz CT molecular complexity index is 1420. The minimum Gasteiger partial charge on any atom is -0.497 e. The molecule has 36 heavy (non-hydrogen) atoms. The number of benzene rings is 3. The molecule has 0 spiro atoms. The standard InChI is InChI=1S/C29H28N4O3/c1-19-4-11-24(16-20(19)2)30-29(35)23-7-5-21(6-8-23)18-32-27-17-26(31-33(27)15-14-28(32)34)22-9-12-25(36-3)13-10-22/h4-13,16-17H,14-15,18H2,1-3H3,(H,30,35). The van der Waals surface area contributed by atoms with Gasteiger partial charge < -0.3 is 10.1 Å². The summed E-state index contributed by atoms with van der Waals surface area (Å²) >= 11 is 0. The maximum absolute atomic E-state index is 12.8. The molecule has 7 heteroatoms. The lowest BCUT2D eigenvalue weighted by Gasteiger charge is -2.27. The molecule has 2 heterocycles. The third-order valence-electron chi connectivity index (χ3n) is 6.58. The van der Waals surface area contributed by atoms with Crippen molar-refractivity contribution in [1.29, 1.82) is 0 Å². The van der Waals surface area contributed by atoms with Crippen LogP contribution >= 0.6 is 0 Å². The lowest BCUT2D eigenvalue weighted by atomic mass is 10.1. The van der Waals surface area contributed by atoms with E-state index in [1.807, 2.05) is 79.2 Å². The summed E-state index contributed by atoms with van der Waals surface area (Å²) in [6.07, 6.45) is 0.396. The molecule has 2 amide bonds. The number of hydrogen-bond donors (Lipinski definition) is 1. The van der Waals surface area contributed by atoms with E-state index in [1.165, 1.54) is 5.56 Å². The van der Waals surface area contributed by atoms with Gasteiger partial charge in [0.1, 0.15) is 11.6 Å². The van der Waals surface area contributed by atoms with Crippen LogP contribution in [0.4, 0.5) is 11.5 Å². The predicted octanol–water partition coefficient (Wildman–Crippen LogP) is 5.36. The Morgan fingerprint density at radius 1 is 0.972 bits per heavy atom. The van der Waals surface area contributed by atoms with Crippen molar-refractivity contribution in [3.63, 3.8) is 0 Å². The number of nitrogens with zero attached hydrogens (tertiary/aromatic N) is 3. The zero-order valence-electron chi connectivity index (χ0n) is 20.6. The molecule has 0 unspecified atom stereocenters. The molecular weight excluding hydrogens is 452 g/mol. The summed E-state index contributed by atoms with van der Waals surface area (Å²) in [5, 5.41) is 7.67. The van der Waals surface area contributed by atoms with E-state index in [9.17, 15) is 9.59 Å². The Morgan fingerprint density at radius 2 is 1.72 bits per heavy atom. The molecule has 1 aromatic heterocycles. The summed E-state index contributed by atoms with van der Waals surface area (Å²) < 4.78 is 7.12. The van der Waals surface area contributed by atoms with Gasteiger partial charge >= 0.3 is 0 Å². The van der Waals surface area contributed by atoms with Crippen LogP contribution in [-0.2, 0) is 17.9 Å². The number of carbonyl (C=O) groups excluding carboxylic acids is 2. The van der Waals surface area contributed by atoms with Crippen molar-refractivity contribution in [3.8, 4) is 17.0 Å². The Labute approximate surface area is 210 Å². The van der Waals surface area contributed by atoms with Crippen LogP contribution in [0.25, 0.3) is 11.3 Å². The lowest BCUT2D eigenvalue weighted by Crippen LogP contribution is -2.36. The highest BCUT2D eigenvalue weighted by Crippen LogP contribution is 2.30. The highest BCUT2D eigenvalue weighted by molar-refractivity contribution is 6.04. The van der Waals surface area contributed by atoms with Gasteiger partial charge in [-0.25, -0.2) is 4.68 Å². The van der Waals surface area contributed by atoms with Crippen LogP contribution in [-0.4, -0.2) is 28.7 Å². The second-order valence-corrected chi connectivity index (χ2v) is 9.02. The molecule has 7 nitrogen and oxygen atoms in total. The fourth-order valence-corrected chi connectivity index (χ4v) is 4.29. The van der Waals surface area contributed by atoms with Crippen molar-refractivity contribution in [2.24, 2.45) is 0 Å². The smallest absolute Gasteiger partial charge is 0.255 e. The molecule has 1 aliphatic rings. The van der Waals surface area contributed by atoms with Crippen molar-refractivity contribution in [2.45, 2.75) is 33.4 Å². The van der Waals surface area contributed by atoms with Crippen LogP contribution in [0.2, 0.25) is 0 Å². The van der Waals surface area contributed by atoms with Crippen LogP contribution in [0.1, 0.15) is 33.5 Å². The molecule has 0 saturated carbocycles. The lowest BCUT2D eigenvalue weighted by molar-refractivity contribution is -0.119. The summed E-state index contributed by atoms with van der Waals surface area (Å²) in [6, 6.07) is 22.9. The van der Waals surface area contributed by atoms with Crippen molar-refractivity contribution in [2.75, 3.05) is 17.3 Å². The quantitative estimate of drug-likeness (QED) is 0.403. The first kappa shape index (κ1) is 23.4. The van der Waals surface area contributed by atoms with Crippen molar-refractivity contribution >= 4 is 23.3 Å². The fraction of sp³-hybridized carbons (Fsp3) is 0.207. The number of aryl methyl sites for hydroxylation is 3. The van der Waals surface area contributed by atoms with E-state index in [2.05, 4.69) is 5.32 Å². The Hall–Kier alpha value is -4.39. The van der Waals surface area contributed by atoms with Crippen molar-refractivity contribution in [3.05, 3.63) is 95.1 Å². The van der Waals surface area contributed by atoms with Crippen molar-refractivity contribution < 1.29 is 14.3 Å². The second-order valence-electron chi connectivity index (χ2n) is 9.02. The monoisotopic (exact) mass is 480 g/mol. The molecule has 0 fully saturated rings. The second kappa shape index (κ2) is 9.70. The van der Waals surface area contributed by atoms with E-state index < -0.39 is 0 Å². The van der Waals surface area contributed by atoms with Gasteiger partial charge in [-0.1, -0.05) is 18.2 Å². The van der Waals surface area contributed by atoms with E-state index in [1.54, 1.807) is 24.1 Å². The number of methoxy groups -OCH3 is 1. The largest absolute Gasteiger partial charge is 0.497 e. The number of aromatic nitrogens is 2. The van der Waals surface area contributed by atoms with Gasteiger partial charge in [0.15, 0.2) is 0 Å². The van der Waals surface area contributed by atoms with Gasteiger partial charge in [0.2, 0.25) is 5.91 Å². The first-order valence-corrected chi connectivity index (χ1v) is 11.9. The average Bonchev–Trinajstić information content (AvgIpc) is 3.33. The molecule has 0 aliphatic carbocycles. The average molecular weight is 481 g/mol. The summed E-state index contributed by atoms with van der Waals surface area (Å²) in [6.45, 7) is 5.03. The zero-order chi connectivity index (χ0) is 25.2. The molecule has 182 valence electrons. The van der Waals surface area contributed by atoms with Crippen LogP contribution in [0.3, 0.4) is 0 Å². The summed E-state index contributed by atoms with van der Waals surface area (Å²) in [5.74, 6) is 1.44. The van der Waals surface area contributed by atoms with Gasteiger partial charge in [-0.3, -0.25) is 14.5 Å². The topological polar surface area (TPSA) is 76.5 Å². The van der Waals surface area contributed by atoms with E-state index in [0.29, 0.717) is 25.1 Å². The predicted molar refractivity (Wildman–Crippen MR) is 140 cm³/mol. The Balaban J connectivity index is 1.31. The van der Waals surface area contributed by atoms with Gasteiger partial charge in [0, 0.05) is 29.3 Å². The summed E-state index contributed by atoms with van der Waals surface area (Å²) in [5.41, 5.74) is 6.35. The molecule has 5 rings (SSSR count). The number of amides is 2. The van der Waals surface area contributed by atoms with Gasteiger partial charge in [-0.2, -0.15) is 5.10 Å². The van der Waals surface area contributed by atoms with E-state index in [-0.39, 0.29) is 11.8 Å². The number of ether oxygens (including phenoxy) is 1. The molecule has 0 atom stereocenters. The maximum Gasteiger partial charge on any atom is 0.255 e. The minimum atomic E-state index is -0.166. The maximum atomic E-state index is 12.8. The molecule has 1 N–H and O–H groups in total. The molecule has 1 aliphatic heterocycles. The zero-order valence-corrected chi connectivity index (χ0v) is 20.6. The van der Waals surface area contributed by atoms with E-state index >= 15 is 0 Å². The molecule has 4 aromatic rings. The molecule has 0 bridgehead atoms. The van der Waals surface area contributed by atoms with Gasteiger partial charge in [0.05, 0.1) is 25.9 Å². The number of rotatable bonds is 6. The number of hydrogen-bond acceptors (Lipinski definition) is 4. The summed E-state index contributed by atoms with van der Waals surface area (Å²) in [4.78, 5) is 27.3. The third kappa shape index (κ3) is 4.73. The van der Waals surface area contributed by atoms with Crippen molar-refractivity contribution in [1.82, 2.24) is 9.78 Å². The summed E-state index contributed by atoms with van der Waals surface area (Å²) in [7, 11) is 1.64. The van der Waals surface area contributed by atoms with E-state index in [4.69, 9.17) is 9.84 Å². The molecule has 0 radical (unpaired) electrons. The molecule has 0 saturated heterocycles. The van der Waals surface area contributed by atoms with Crippen LogP contribution in [0, 0.1) is 13.8 Å². The minimum absolute atomic E-state index is 0.0558. The SMILES string of the molecule is COc1ccc(-c2cc3n(n2)CCC(=O)N3Cc2ccc(C(=O)Nc3ccc(C)c(C)c3)cc2)cc1. The highest BCUT2D eigenvalue weighted by atomic mass is 16.5. The van der Waals surface area contributed by atoms with Crippen LogP contribution < -0.4 is 15.0 Å². The third-order valence-corrected chi connectivity index (χ3v) is 6.58. The van der Waals surface area contributed by atoms with Gasteiger partial charge in [-0.05, 0) is 79.1 Å². The number of nitrogens with one attached hydrogen (secondary N) is 1. The number of anilines is 2. The van der Waals surface area contributed by atoms with Gasteiger partial charge in [0.25, 0.3) is 5.91 Å². The molecular formula is C29H28N4O3. The first-order chi connectivity index (χ1) is 17.4. The molecule has 3 aromatic carbocycles. The van der Waals surface area contributed by atoms with Crippen LogP contribution in [0.5, 0.6) is 5.75 Å². The number of carbonyl (C=O) groups is 2. The van der Waals surface area contributed by atoms with Gasteiger partial charge in [-0.15, -0.1) is 0 Å². The normalized spacial score (nSPS) is 12.9. The van der Waals surface area contributed by atoms with E-state index in [0.717, 1.165) is 39.6 Å². The van der Waals surface area contributed by atoms with Crippen LogP contribution in [0.15, 0.2) is 72.8 Å². The number of fused-ring (bicyclic) bond motifs is 1. The first-order valence-electron chi connectivity index (χ1n) is 11.9. The Morgan fingerprint density at radius 3 is 2.42 bits per heavy atom. The Kier molecular flexibility index (Phi) is 6.29.